The molecule has 7 heteroatoms. The van der Waals surface area contributed by atoms with E-state index in [1.54, 1.807) is 24.8 Å². The zero-order valence-corrected chi connectivity index (χ0v) is 15.4. The minimum absolute atomic E-state index is 0. The van der Waals surface area contributed by atoms with Gasteiger partial charge in [0.2, 0.25) is 5.91 Å². The first-order chi connectivity index (χ1) is 11.1. The molecule has 1 aliphatic heterocycles. The second kappa shape index (κ2) is 8.41. The lowest BCUT2D eigenvalue weighted by atomic mass is 9.90. The zero-order chi connectivity index (χ0) is 18.0. The molecule has 1 saturated heterocycles. The van der Waals surface area contributed by atoms with E-state index in [2.05, 4.69) is 0 Å². The molecule has 2 N–H and O–H groups in total. The van der Waals surface area contributed by atoms with Crippen LogP contribution >= 0.6 is 12.4 Å². The van der Waals surface area contributed by atoms with Crippen molar-refractivity contribution >= 4 is 18.3 Å². The Bertz CT molecular complexity index is 584. The van der Waals surface area contributed by atoms with Crippen molar-refractivity contribution in [2.75, 3.05) is 13.1 Å². The summed E-state index contributed by atoms with van der Waals surface area (Å²) in [5, 5.41) is 0. The predicted octanol–water partition coefficient (Wildman–Crippen LogP) is 4.04. The average Bonchev–Trinajstić information content (AvgIpc) is 2.51. The molecule has 1 aliphatic rings. The molecule has 1 aromatic rings. The van der Waals surface area contributed by atoms with E-state index in [-0.39, 0.29) is 18.3 Å². The number of rotatable bonds is 4. The summed E-state index contributed by atoms with van der Waals surface area (Å²) < 4.78 is 38.3. The number of benzene rings is 1. The van der Waals surface area contributed by atoms with Crippen molar-refractivity contribution in [3.63, 3.8) is 0 Å². The van der Waals surface area contributed by atoms with E-state index in [0.29, 0.717) is 31.0 Å². The number of carbonyl (C=O) groups excluding carboxylic acids is 1. The quantitative estimate of drug-likeness (QED) is 0.859. The van der Waals surface area contributed by atoms with E-state index < -0.39 is 17.3 Å². The van der Waals surface area contributed by atoms with Gasteiger partial charge in [-0.05, 0) is 57.1 Å². The molecular formula is C18H26ClF3N2O. The number of piperidine rings is 1. The molecule has 1 atom stereocenters. The van der Waals surface area contributed by atoms with Crippen LogP contribution in [-0.2, 0) is 17.4 Å². The van der Waals surface area contributed by atoms with Gasteiger partial charge in [0.1, 0.15) is 0 Å². The van der Waals surface area contributed by atoms with Gasteiger partial charge in [-0.2, -0.15) is 13.2 Å². The van der Waals surface area contributed by atoms with Crippen LogP contribution in [0.5, 0.6) is 0 Å². The van der Waals surface area contributed by atoms with Gasteiger partial charge in [-0.25, -0.2) is 0 Å². The van der Waals surface area contributed by atoms with E-state index in [0.717, 1.165) is 25.3 Å². The summed E-state index contributed by atoms with van der Waals surface area (Å²) >= 11 is 0. The van der Waals surface area contributed by atoms with Gasteiger partial charge < -0.3 is 10.6 Å². The van der Waals surface area contributed by atoms with Crippen molar-refractivity contribution < 1.29 is 18.0 Å². The molecule has 25 heavy (non-hydrogen) atoms. The van der Waals surface area contributed by atoms with Gasteiger partial charge in [0.15, 0.2) is 0 Å². The summed E-state index contributed by atoms with van der Waals surface area (Å²) in [5.41, 5.74) is 5.08. The monoisotopic (exact) mass is 378 g/mol. The largest absolute Gasteiger partial charge is 0.416 e. The normalized spacial score (nSPS) is 18.6. The summed E-state index contributed by atoms with van der Waals surface area (Å²) in [4.78, 5) is 14.1. The predicted molar refractivity (Wildman–Crippen MR) is 94.6 cm³/mol. The minimum Gasteiger partial charge on any atom is -0.341 e. The van der Waals surface area contributed by atoms with Gasteiger partial charge >= 0.3 is 6.18 Å². The van der Waals surface area contributed by atoms with E-state index >= 15 is 0 Å². The van der Waals surface area contributed by atoms with Gasteiger partial charge in [-0.1, -0.05) is 18.2 Å². The molecule has 1 amide bonds. The highest BCUT2D eigenvalue weighted by Crippen LogP contribution is 2.30. The fraction of sp³-hybridized carbons (Fsp3) is 0.611. The Morgan fingerprint density at radius 3 is 2.60 bits per heavy atom. The van der Waals surface area contributed by atoms with Crippen LogP contribution in [0.1, 0.15) is 44.2 Å². The standard InChI is InChI=1S/C18H25F3N2O.ClH/c1-17(2,22)16(24)23-10-4-6-14(12-23)9-8-13-5-3-7-15(11-13)18(19,20)21;/h3,5,7,11,14H,4,6,8-10,12,22H2,1-2H3;1H. The van der Waals surface area contributed by atoms with E-state index in [9.17, 15) is 18.0 Å². The smallest absolute Gasteiger partial charge is 0.341 e. The molecule has 0 aromatic heterocycles. The van der Waals surface area contributed by atoms with Crippen molar-refractivity contribution in [2.24, 2.45) is 11.7 Å². The van der Waals surface area contributed by atoms with Gasteiger partial charge in [-0.15, -0.1) is 12.4 Å². The van der Waals surface area contributed by atoms with Gasteiger partial charge in [0.25, 0.3) is 0 Å². The number of amides is 1. The Kier molecular flexibility index (Phi) is 7.32. The third-order valence-electron chi connectivity index (χ3n) is 4.45. The Labute approximate surface area is 153 Å². The van der Waals surface area contributed by atoms with Crippen LogP contribution in [0.15, 0.2) is 24.3 Å². The number of aryl methyl sites for hydroxylation is 1. The second-order valence-electron chi connectivity index (χ2n) is 7.22. The van der Waals surface area contributed by atoms with Gasteiger partial charge in [-0.3, -0.25) is 4.79 Å². The number of hydrogen-bond acceptors (Lipinski definition) is 2. The lowest BCUT2D eigenvalue weighted by molar-refractivity contribution is -0.138. The molecule has 2 rings (SSSR count). The van der Waals surface area contributed by atoms with Crippen LogP contribution in [0.25, 0.3) is 0 Å². The van der Waals surface area contributed by atoms with Crippen LogP contribution in [0.3, 0.4) is 0 Å². The van der Waals surface area contributed by atoms with Gasteiger partial charge in [0, 0.05) is 13.1 Å². The fourth-order valence-corrected chi connectivity index (χ4v) is 3.17. The van der Waals surface area contributed by atoms with Crippen molar-refractivity contribution in [3.05, 3.63) is 35.4 Å². The molecule has 0 spiro atoms. The fourth-order valence-electron chi connectivity index (χ4n) is 3.17. The summed E-state index contributed by atoms with van der Waals surface area (Å²) in [6, 6.07) is 5.48. The van der Waals surface area contributed by atoms with E-state index in [1.165, 1.54) is 12.1 Å². The first-order valence-electron chi connectivity index (χ1n) is 8.32. The maximum atomic E-state index is 12.8. The van der Waals surface area contributed by atoms with E-state index in [1.807, 2.05) is 0 Å². The minimum atomic E-state index is -4.31. The van der Waals surface area contributed by atoms with Crippen molar-refractivity contribution in [3.8, 4) is 0 Å². The molecule has 0 bridgehead atoms. The van der Waals surface area contributed by atoms with Crippen LogP contribution < -0.4 is 5.73 Å². The lowest BCUT2D eigenvalue weighted by Gasteiger charge is -2.36. The number of nitrogens with two attached hydrogens (primary N) is 1. The number of likely N-dealkylation sites (tertiary alicyclic amines) is 1. The highest BCUT2D eigenvalue weighted by molar-refractivity contribution is 5.85. The first kappa shape index (κ1) is 21.8. The highest BCUT2D eigenvalue weighted by atomic mass is 35.5. The molecule has 0 radical (unpaired) electrons. The molecule has 1 fully saturated rings. The van der Waals surface area contributed by atoms with Crippen molar-refractivity contribution in [1.29, 1.82) is 0 Å². The van der Waals surface area contributed by atoms with Crippen LogP contribution in [0.2, 0.25) is 0 Å². The third kappa shape index (κ3) is 6.19. The molecule has 1 aromatic carbocycles. The second-order valence-corrected chi connectivity index (χ2v) is 7.22. The van der Waals surface area contributed by atoms with Crippen molar-refractivity contribution in [2.45, 2.75) is 51.2 Å². The van der Waals surface area contributed by atoms with Crippen LogP contribution in [-0.4, -0.2) is 29.4 Å². The summed E-state index contributed by atoms with van der Waals surface area (Å²) in [5.74, 6) is 0.242. The molecule has 3 nitrogen and oxygen atoms in total. The lowest BCUT2D eigenvalue weighted by Crippen LogP contribution is -2.53. The maximum absolute atomic E-state index is 12.8. The number of alkyl halides is 3. The van der Waals surface area contributed by atoms with Gasteiger partial charge in [0.05, 0.1) is 11.1 Å². The number of hydrogen-bond donors (Lipinski definition) is 1. The number of nitrogens with zero attached hydrogens (tertiary/aromatic N) is 1. The highest BCUT2D eigenvalue weighted by Gasteiger charge is 2.32. The molecule has 142 valence electrons. The molecule has 0 aliphatic carbocycles. The number of carbonyl (C=O) groups is 1. The average molecular weight is 379 g/mol. The van der Waals surface area contributed by atoms with Crippen LogP contribution in [0.4, 0.5) is 13.2 Å². The molecule has 0 saturated carbocycles. The summed E-state index contributed by atoms with van der Waals surface area (Å²) in [7, 11) is 0. The summed E-state index contributed by atoms with van der Waals surface area (Å²) in [6.45, 7) is 4.74. The Morgan fingerprint density at radius 1 is 1.32 bits per heavy atom. The first-order valence-corrected chi connectivity index (χ1v) is 8.32. The Balaban J connectivity index is 0.00000312. The Hall–Kier alpha value is -1.27. The van der Waals surface area contributed by atoms with E-state index in [4.69, 9.17) is 5.73 Å². The topological polar surface area (TPSA) is 46.3 Å². The molecule has 1 heterocycles. The van der Waals surface area contributed by atoms with Crippen molar-refractivity contribution in [1.82, 2.24) is 4.90 Å². The summed E-state index contributed by atoms with van der Waals surface area (Å²) in [6.07, 6.45) is -1.04. The zero-order valence-electron chi connectivity index (χ0n) is 14.6. The SMILES string of the molecule is CC(C)(N)C(=O)N1CCCC(CCc2cccc(C(F)(F)F)c2)C1.Cl. The maximum Gasteiger partial charge on any atom is 0.416 e. The number of halogens is 4. The molecular weight excluding hydrogens is 353 g/mol. The molecule has 1 unspecified atom stereocenters. The van der Waals surface area contributed by atoms with Crippen LogP contribution in [0, 0.1) is 5.92 Å². The third-order valence-corrected chi connectivity index (χ3v) is 4.45. The Morgan fingerprint density at radius 2 is 2.00 bits per heavy atom.